The van der Waals surface area contributed by atoms with Crippen LogP contribution in [0.2, 0.25) is 0 Å². The lowest BCUT2D eigenvalue weighted by Crippen LogP contribution is -2.25. The van der Waals surface area contributed by atoms with Crippen molar-refractivity contribution in [1.29, 1.82) is 0 Å². The lowest BCUT2D eigenvalue weighted by molar-refractivity contribution is 0.0917. The number of aromatic nitrogens is 2. The van der Waals surface area contributed by atoms with Crippen LogP contribution in [0, 0.1) is 13.8 Å². The molecule has 0 saturated heterocycles. The first-order chi connectivity index (χ1) is 15.5. The number of ether oxygens (including phenoxy) is 2. The molecule has 166 valence electrons. The first-order valence-electron chi connectivity index (χ1n) is 11.1. The van der Waals surface area contributed by atoms with Gasteiger partial charge in [0.15, 0.2) is 0 Å². The van der Waals surface area contributed by atoms with Gasteiger partial charge in [-0.25, -0.2) is 4.98 Å². The van der Waals surface area contributed by atoms with Crippen molar-refractivity contribution < 1.29 is 14.6 Å². The Morgan fingerprint density at radius 1 is 0.906 bits per heavy atom. The van der Waals surface area contributed by atoms with E-state index < -0.39 is 6.10 Å². The van der Waals surface area contributed by atoms with Gasteiger partial charge in [0.25, 0.3) is 0 Å². The quantitative estimate of drug-likeness (QED) is 0.395. The van der Waals surface area contributed by atoms with Gasteiger partial charge in [0.05, 0.1) is 17.6 Å². The highest BCUT2D eigenvalue weighted by molar-refractivity contribution is 5.75. The molecule has 1 unspecified atom stereocenters. The number of aliphatic hydroxyl groups is 1. The highest BCUT2D eigenvalue weighted by atomic mass is 16.5. The normalized spacial score (nSPS) is 12.1. The highest BCUT2D eigenvalue weighted by Gasteiger charge is 2.16. The third kappa shape index (κ3) is 4.94. The van der Waals surface area contributed by atoms with Crippen LogP contribution in [-0.4, -0.2) is 27.4 Å². The highest BCUT2D eigenvalue weighted by Crippen LogP contribution is 2.25. The fraction of sp³-hybridized carbons (Fsp3) is 0.296. The summed E-state index contributed by atoms with van der Waals surface area (Å²) in [5.41, 5.74) is 5.30. The molecule has 3 aromatic carbocycles. The average molecular weight is 431 g/mol. The van der Waals surface area contributed by atoms with E-state index in [2.05, 4.69) is 6.92 Å². The molecule has 0 aliphatic rings. The van der Waals surface area contributed by atoms with Crippen molar-refractivity contribution in [3.8, 4) is 11.5 Å². The fourth-order valence-electron chi connectivity index (χ4n) is 3.88. The number of nitrogens with zero attached hydrogens (tertiary/aromatic N) is 2. The van der Waals surface area contributed by atoms with E-state index >= 15 is 0 Å². The van der Waals surface area contributed by atoms with Crippen LogP contribution in [0.5, 0.6) is 11.5 Å². The molecule has 32 heavy (non-hydrogen) atoms. The second kappa shape index (κ2) is 9.88. The lowest BCUT2D eigenvalue weighted by Gasteiger charge is -2.17. The van der Waals surface area contributed by atoms with E-state index in [1.807, 2.05) is 85.1 Å². The maximum absolute atomic E-state index is 10.7. The molecule has 0 fully saturated rings. The lowest BCUT2D eigenvalue weighted by atomic mass is 10.1. The number of imidazole rings is 1. The Labute approximate surface area is 189 Å². The van der Waals surface area contributed by atoms with Crippen LogP contribution in [0.15, 0.2) is 66.7 Å². The molecule has 0 bridgehead atoms. The largest absolute Gasteiger partial charge is 0.491 e. The van der Waals surface area contributed by atoms with Crippen molar-refractivity contribution in [1.82, 2.24) is 9.55 Å². The summed E-state index contributed by atoms with van der Waals surface area (Å²) >= 11 is 0. The SMILES string of the molecule is CCc1ccc(OCC(O)Cn2c(COc3c(C)cccc3C)nc3ccccc32)cc1. The minimum Gasteiger partial charge on any atom is -0.491 e. The Bertz CT molecular complexity index is 1160. The van der Waals surface area contributed by atoms with Gasteiger partial charge in [0.2, 0.25) is 0 Å². The van der Waals surface area contributed by atoms with Gasteiger partial charge in [0, 0.05) is 0 Å². The molecular weight excluding hydrogens is 400 g/mol. The Balaban J connectivity index is 1.49. The van der Waals surface area contributed by atoms with Crippen molar-refractivity contribution in [2.75, 3.05) is 6.61 Å². The maximum atomic E-state index is 10.7. The second-order valence-electron chi connectivity index (χ2n) is 8.10. The molecule has 0 radical (unpaired) electrons. The maximum Gasteiger partial charge on any atom is 0.148 e. The van der Waals surface area contributed by atoms with Crippen molar-refractivity contribution in [2.24, 2.45) is 0 Å². The molecule has 0 aliphatic carbocycles. The predicted molar refractivity (Wildman–Crippen MR) is 127 cm³/mol. The van der Waals surface area contributed by atoms with Crippen LogP contribution in [0.3, 0.4) is 0 Å². The number of aryl methyl sites for hydroxylation is 3. The summed E-state index contributed by atoms with van der Waals surface area (Å²) in [6.07, 6.45) is 0.307. The van der Waals surface area contributed by atoms with Crippen LogP contribution in [0.25, 0.3) is 11.0 Å². The van der Waals surface area contributed by atoms with E-state index in [1.54, 1.807) is 0 Å². The smallest absolute Gasteiger partial charge is 0.148 e. The summed E-state index contributed by atoms with van der Waals surface area (Å²) in [5, 5.41) is 10.7. The summed E-state index contributed by atoms with van der Waals surface area (Å²) in [4.78, 5) is 4.76. The molecular formula is C27H30N2O3. The molecule has 0 amide bonds. The van der Waals surface area contributed by atoms with E-state index in [4.69, 9.17) is 14.5 Å². The zero-order chi connectivity index (χ0) is 22.5. The molecule has 5 heteroatoms. The van der Waals surface area contributed by atoms with Crippen molar-refractivity contribution in [3.05, 3.63) is 89.2 Å². The van der Waals surface area contributed by atoms with E-state index in [0.717, 1.165) is 45.9 Å². The van der Waals surface area contributed by atoms with Gasteiger partial charge >= 0.3 is 0 Å². The van der Waals surface area contributed by atoms with Crippen molar-refractivity contribution in [3.63, 3.8) is 0 Å². The van der Waals surface area contributed by atoms with Gasteiger partial charge in [-0.1, -0.05) is 49.4 Å². The van der Waals surface area contributed by atoms with Gasteiger partial charge in [-0.15, -0.1) is 0 Å². The number of para-hydroxylation sites is 3. The summed E-state index contributed by atoms with van der Waals surface area (Å²) in [7, 11) is 0. The molecule has 1 aromatic heterocycles. The van der Waals surface area contributed by atoms with Crippen molar-refractivity contribution in [2.45, 2.75) is 46.4 Å². The Hall–Kier alpha value is -3.31. The van der Waals surface area contributed by atoms with Crippen LogP contribution in [0.1, 0.15) is 29.4 Å². The minimum atomic E-state index is -0.683. The monoisotopic (exact) mass is 430 g/mol. The van der Waals surface area contributed by atoms with Gasteiger partial charge in [-0.05, 0) is 61.2 Å². The Morgan fingerprint density at radius 2 is 1.62 bits per heavy atom. The molecule has 1 heterocycles. The van der Waals surface area contributed by atoms with E-state index in [0.29, 0.717) is 13.2 Å². The number of aliphatic hydroxyl groups excluding tert-OH is 1. The van der Waals surface area contributed by atoms with Crippen LogP contribution < -0.4 is 9.47 Å². The van der Waals surface area contributed by atoms with Crippen LogP contribution in [0.4, 0.5) is 0 Å². The molecule has 0 spiro atoms. The Kier molecular flexibility index (Phi) is 6.76. The fourth-order valence-corrected chi connectivity index (χ4v) is 3.88. The molecule has 1 N–H and O–H groups in total. The molecule has 1 atom stereocenters. The number of hydrogen-bond donors (Lipinski definition) is 1. The van der Waals surface area contributed by atoms with Gasteiger partial charge < -0.3 is 19.1 Å². The van der Waals surface area contributed by atoms with Crippen molar-refractivity contribution >= 4 is 11.0 Å². The molecule has 5 nitrogen and oxygen atoms in total. The summed E-state index contributed by atoms with van der Waals surface area (Å²) in [6, 6.07) is 22.0. The molecule has 4 aromatic rings. The first-order valence-corrected chi connectivity index (χ1v) is 11.1. The Morgan fingerprint density at radius 3 is 2.34 bits per heavy atom. The number of fused-ring (bicyclic) bond motifs is 1. The summed E-state index contributed by atoms with van der Waals surface area (Å²) in [6.45, 7) is 7.11. The number of benzene rings is 3. The van der Waals surface area contributed by atoms with E-state index in [9.17, 15) is 5.11 Å². The standard InChI is InChI=1S/C27H30N2O3/c1-4-21-12-14-23(15-13-21)31-17-22(30)16-29-25-11-6-5-10-24(25)28-26(29)18-32-27-19(2)8-7-9-20(27)3/h5-15,22,30H,4,16-18H2,1-3H3. The second-order valence-corrected chi connectivity index (χ2v) is 8.10. The number of hydrogen-bond acceptors (Lipinski definition) is 4. The minimum absolute atomic E-state index is 0.204. The average Bonchev–Trinajstić information content (AvgIpc) is 3.15. The predicted octanol–water partition coefficient (Wildman–Crippen LogP) is 5.23. The third-order valence-corrected chi connectivity index (χ3v) is 5.66. The number of rotatable bonds is 9. The zero-order valence-corrected chi connectivity index (χ0v) is 18.9. The van der Waals surface area contributed by atoms with Gasteiger partial charge in [0.1, 0.15) is 36.6 Å². The molecule has 0 saturated carbocycles. The molecule has 0 aliphatic heterocycles. The van der Waals surface area contributed by atoms with E-state index in [1.165, 1.54) is 5.56 Å². The third-order valence-electron chi connectivity index (χ3n) is 5.66. The summed E-state index contributed by atoms with van der Waals surface area (Å²) in [5.74, 6) is 2.42. The molecule has 4 rings (SSSR count). The van der Waals surface area contributed by atoms with Gasteiger partial charge in [-0.3, -0.25) is 0 Å². The first kappa shape index (κ1) is 21.9. The summed E-state index contributed by atoms with van der Waals surface area (Å²) < 4.78 is 14.0. The van der Waals surface area contributed by atoms with Gasteiger partial charge in [-0.2, -0.15) is 0 Å². The van der Waals surface area contributed by atoms with Crippen LogP contribution in [-0.2, 0) is 19.6 Å². The van der Waals surface area contributed by atoms with Crippen LogP contribution >= 0.6 is 0 Å². The topological polar surface area (TPSA) is 56.5 Å². The van der Waals surface area contributed by atoms with E-state index in [-0.39, 0.29) is 6.61 Å². The zero-order valence-electron chi connectivity index (χ0n) is 18.9.